The second-order valence-electron chi connectivity index (χ2n) is 4.83. The molecule has 0 radical (unpaired) electrons. The Morgan fingerprint density at radius 2 is 1.82 bits per heavy atom. The first-order valence-corrected chi connectivity index (χ1v) is 6.11. The summed E-state index contributed by atoms with van der Waals surface area (Å²) in [5.41, 5.74) is 7.12. The topological polar surface area (TPSA) is 38.5 Å². The van der Waals surface area contributed by atoms with Crippen molar-refractivity contribution in [2.75, 3.05) is 14.2 Å². The number of rotatable bonds is 6. The van der Waals surface area contributed by atoms with Crippen LogP contribution in [0.1, 0.15) is 25.8 Å². The van der Waals surface area contributed by atoms with Gasteiger partial charge in [-0.25, -0.2) is 0 Å². The summed E-state index contributed by atoms with van der Waals surface area (Å²) in [6, 6.07) is 8.96. The molecule has 1 aromatic carbocycles. The Balaban J connectivity index is 2.51. The molecule has 1 aromatic rings. The number of nitrogens with two attached hydrogens (primary N) is 1. The van der Waals surface area contributed by atoms with Crippen molar-refractivity contribution < 1.29 is 4.74 Å². The fourth-order valence-electron chi connectivity index (χ4n) is 1.89. The van der Waals surface area contributed by atoms with Crippen LogP contribution in [0.25, 0.3) is 0 Å². The van der Waals surface area contributed by atoms with Gasteiger partial charge >= 0.3 is 0 Å². The van der Waals surface area contributed by atoms with E-state index in [2.05, 4.69) is 37.9 Å². The van der Waals surface area contributed by atoms with Crippen LogP contribution in [0.2, 0.25) is 0 Å². The normalized spacial score (nSPS) is 14.7. The molecule has 3 heteroatoms. The van der Waals surface area contributed by atoms with E-state index in [1.165, 1.54) is 5.56 Å². The van der Waals surface area contributed by atoms with Crippen molar-refractivity contribution in [2.45, 2.75) is 38.9 Å². The molecule has 2 unspecified atom stereocenters. The van der Waals surface area contributed by atoms with Gasteiger partial charge in [0.1, 0.15) is 5.75 Å². The van der Waals surface area contributed by atoms with Crippen LogP contribution >= 0.6 is 0 Å². The molecule has 17 heavy (non-hydrogen) atoms. The summed E-state index contributed by atoms with van der Waals surface area (Å²) in [6.07, 6.45) is 1.02. The SMILES string of the molecule is COc1ccc(CN(C)C(C)CC(C)N)cc1. The zero-order chi connectivity index (χ0) is 12.8. The van der Waals surface area contributed by atoms with Crippen molar-refractivity contribution in [3.05, 3.63) is 29.8 Å². The molecule has 1 rings (SSSR count). The maximum atomic E-state index is 5.82. The predicted octanol–water partition coefficient (Wildman–Crippen LogP) is 2.25. The van der Waals surface area contributed by atoms with E-state index in [1.807, 2.05) is 12.1 Å². The third-order valence-electron chi connectivity index (χ3n) is 3.06. The van der Waals surface area contributed by atoms with Crippen molar-refractivity contribution in [3.8, 4) is 5.75 Å². The van der Waals surface area contributed by atoms with Gasteiger partial charge in [-0.15, -0.1) is 0 Å². The Kier molecular flexibility index (Phi) is 5.45. The Morgan fingerprint density at radius 1 is 1.24 bits per heavy atom. The molecule has 0 saturated heterocycles. The lowest BCUT2D eigenvalue weighted by atomic mass is 10.1. The van der Waals surface area contributed by atoms with Crippen LogP contribution in [0, 0.1) is 0 Å². The van der Waals surface area contributed by atoms with Gasteiger partial charge in [0, 0.05) is 18.6 Å². The van der Waals surface area contributed by atoms with Gasteiger partial charge in [0.15, 0.2) is 0 Å². The van der Waals surface area contributed by atoms with Gasteiger partial charge in [0.2, 0.25) is 0 Å². The van der Waals surface area contributed by atoms with Gasteiger partial charge < -0.3 is 10.5 Å². The number of nitrogens with zero attached hydrogens (tertiary/aromatic N) is 1. The fourth-order valence-corrected chi connectivity index (χ4v) is 1.89. The van der Waals surface area contributed by atoms with Crippen LogP contribution in [0.4, 0.5) is 0 Å². The van der Waals surface area contributed by atoms with Crippen LogP contribution < -0.4 is 10.5 Å². The van der Waals surface area contributed by atoms with E-state index in [0.717, 1.165) is 18.7 Å². The lowest BCUT2D eigenvalue weighted by Gasteiger charge is -2.26. The summed E-state index contributed by atoms with van der Waals surface area (Å²) in [5, 5.41) is 0. The van der Waals surface area contributed by atoms with Gasteiger partial charge in [-0.3, -0.25) is 4.90 Å². The molecule has 0 aliphatic carbocycles. The van der Waals surface area contributed by atoms with Crippen molar-refractivity contribution in [1.29, 1.82) is 0 Å². The smallest absolute Gasteiger partial charge is 0.118 e. The number of ether oxygens (including phenoxy) is 1. The molecule has 3 nitrogen and oxygen atoms in total. The molecule has 2 atom stereocenters. The summed E-state index contributed by atoms with van der Waals surface area (Å²) in [7, 11) is 3.82. The molecule has 0 amide bonds. The van der Waals surface area contributed by atoms with E-state index in [9.17, 15) is 0 Å². The lowest BCUT2D eigenvalue weighted by Crippen LogP contribution is -2.33. The average Bonchev–Trinajstić information content (AvgIpc) is 2.29. The molecule has 96 valence electrons. The molecule has 0 heterocycles. The first-order valence-electron chi connectivity index (χ1n) is 6.11. The zero-order valence-electron chi connectivity index (χ0n) is 11.3. The van der Waals surface area contributed by atoms with Crippen molar-refractivity contribution in [3.63, 3.8) is 0 Å². The van der Waals surface area contributed by atoms with Gasteiger partial charge in [-0.05, 0) is 45.0 Å². The monoisotopic (exact) mass is 236 g/mol. The van der Waals surface area contributed by atoms with Gasteiger partial charge in [0.25, 0.3) is 0 Å². The highest BCUT2D eigenvalue weighted by Gasteiger charge is 2.11. The molecule has 0 aliphatic rings. The first-order chi connectivity index (χ1) is 8.02. The minimum absolute atomic E-state index is 0.253. The van der Waals surface area contributed by atoms with E-state index in [1.54, 1.807) is 7.11 Å². The molecule has 0 fully saturated rings. The second-order valence-corrected chi connectivity index (χ2v) is 4.83. The summed E-state index contributed by atoms with van der Waals surface area (Å²) < 4.78 is 5.14. The number of benzene rings is 1. The maximum Gasteiger partial charge on any atom is 0.118 e. The molecular formula is C14H24N2O. The van der Waals surface area contributed by atoms with Gasteiger partial charge in [-0.2, -0.15) is 0 Å². The molecule has 0 saturated carbocycles. The molecule has 2 N–H and O–H groups in total. The largest absolute Gasteiger partial charge is 0.497 e. The first kappa shape index (κ1) is 14.0. The molecular weight excluding hydrogens is 212 g/mol. The summed E-state index contributed by atoms with van der Waals surface area (Å²) >= 11 is 0. The number of hydrogen-bond acceptors (Lipinski definition) is 3. The standard InChI is InChI=1S/C14H24N2O/c1-11(15)9-12(2)16(3)10-13-5-7-14(17-4)8-6-13/h5-8,11-12H,9-10,15H2,1-4H3. The van der Waals surface area contributed by atoms with Crippen LogP contribution in [0.5, 0.6) is 5.75 Å². The minimum atomic E-state index is 0.253. The molecule has 0 bridgehead atoms. The quantitative estimate of drug-likeness (QED) is 0.823. The van der Waals surface area contributed by atoms with Crippen LogP contribution in [0.3, 0.4) is 0 Å². The highest BCUT2D eigenvalue weighted by atomic mass is 16.5. The fraction of sp³-hybridized carbons (Fsp3) is 0.571. The second kappa shape index (κ2) is 6.62. The highest BCUT2D eigenvalue weighted by molar-refractivity contribution is 5.27. The third kappa shape index (κ3) is 4.75. The highest BCUT2D eigenvalue weighted by Crippen LogP contribution is 2.14. The van der Waals surface area contributed by atoms with E-state index >= 15 is 0 Å². The molecule has 0 aromatic heterocycles. The zero-order valence-corrected chi connectivity index (χ0v) is 11.3. The number of methoxy groups -OCH3 is 1. The van der Waals surface area contributed by atoms with Crippen LogP contribution in [0.15, 0.2) is 24.3 Å². The summed E-state index contributed by atoms with van der Waals surface area (Å²) in [6.45, 7) is 5.21. The van der Waals surface area contributed by atoms with E-state index in [4.69, 9.17) is 10.5 Å². The third-order valence-corrected chi connectivity index (χ3v) is 3.06. The van der Waals surface area contributed by atoms with E-state index in [0.29, 0.717) is 6.04 Å². The Hall–Kier alpha value is -1.06. The molecule has 0 aliphatic heterocycles. The van der Waals surface area contributed by atoms with E-state index < -0.39 is 0 Å². The van der Waals surface area contributed by atoms with Gasteiger partial charge in [0.05, 0.1) is 7.11 Å². The Morgan fingerprint density at radius 3 is 2.29 bits per heavy atom. The lowest BCUT2D eigenvalue weighted by molar-refractivity contribution is 0.230. The molecule has 0 spiro atoms. The van der Waals surface area contributed by atoms with E-state index in [-0.39, 0.29) is 6.04 Å². The van der Waals surface area contributed by atoms with Crippen LogP contribution in [-0.4, -0.2) is 31.1 Å². The predicted molar refractivity (Wildman–Crippen MR) is 72.2 cm³/mol. The summed E-state index contributed by atoms with van der Waals surface area (Å²) in [4.78, 5) is 2.32. The van der Waals surface area contributed by atoms with Gasteiger partial charge in [-0.1, -0.05) is 12.1 Å². The Bertz CT molecular complexity index is 321. The maximum absolute atomic E-state index is 5.82. The van der Waals surface area contributed by atoms with Crippen molar-refractivity contribution in [2.24, 2.45) is 5.73 Å². The minimum Gasteiger partial charge on any atom is -0.497 e. The Labute approximate surface area is 105 Å². The summed E-state index contributed by atoms with van der Waals surface area (Å²) in [5.74, 6) is 0.903. The van der Waals surface area contributed by atoms with Crippen LogP contribution in [-0.2, 0) is 6.54 Å². The number of hydrogen-bond donors (Lipinski definition) is 1. The van der Waals surface area contributed by atoms with Crippen molar-refractivity contribution >= 4 is 0 Å². The van der Waals surface area contributed by atoms with Crippen molar-refractivity contribution in [1.82, 2.24) is 4.90 Å². The average molecular weight is 236 g/mol.